The van der Waals surface area contributed by atoms with Crippen molar-refractivity contribution in [1.29, 1.82) is 0 Å². The number of rotatable bonds is 6. The molecule has 2 rings (SSSR count). The topological polar surface area (TPSA) is 32.3 Å². The zero-order valence-corrected chi connectivity index (χ0v) is 11.0. The van der Waals surface area contributed by atoms with Crippen LogP contribution in [0.3, 0.4) is 0 Å². The van der Waals surface area contributed by atoms with E-state index < -0.39 is 12.5 Å². The summed E-state index contributed by atoms with van der Waals surface area (Å²) < 4.78 is 24.2. The Kier molecular flexibility index (Phi) is 5.01. The molecule has 102 valence electrons. The van der Waals surface area contributed by atoms with Crippen LogP contribution in [0, 0.1) is 0 Å². The molecular weight excluding hydrogens is 268 g/mol. The minimum Gasteiger partial charge on any atom is -0.386 e. The molecule has 5 heteroatoms. The Bertz CT molecular complexity index is 501. The molecule has 2 aromatic rings. The van der Waals surface area contributed by atoms with Crippen LogP contribution in [0.5, 0.6) is 0 Å². The summed E-state index contributed by atoms with van der Waals surface area (Å²) in [6.07, 6.45) is -4.30. The second-order valence-corrected chi connectivity index (χ2v) is 5.20. The smallest absolute Gasteiger partial charge is 0.265 e. The predicted molar refractivity (Wildman–Crippen MR) is 73.5 cm³/mol. The van der Waals surface area contributed by atoms with Crippen molar-refractivity contribution in [3.8, 4) is 11.1 Å². The molecule has 1 unspecified atom stereocenters. The van der Waals surface area contributed by atoms with Gasteiger partial charge in [-0.2, -0.15) is 0 Å². The van der Waals surface area contributed by atoms with Crippen molar-refractivity contribution < 1.29 is 13.9 Å². The standard InChI is InChI=1S/C14H15F2NOS/c15-14(16)13(18)8-17-7-12-6-11(9-19-12)10-4-2-1-3-5-10/h1-6,9,13-14,17-18H,7-8H2. The van der Waals surface area contributed by atoms with Crippen LogP contribution < -0.4 is 5.32 Å². The molecule has 1 aromatic heterocycles. The molecule has 0 aliphatic heterocycles. The van der Waals surface area contributed by atoms with Crippen molar-refractivity contribution in [2.24, 2.45) is 0 Å². The first kappa shape index (κ1) is 14.1. The maximum absolute atomic E-state index is 12.1. The van der Waals surface area contributed by atoms with E-state index in [-0.39, 0.29) is 6.54 Å². The number of aliphatic hydroxyl groups excluding tert-OH is 1. The van der Waals surface area contributed by atoms with Gasteiger partial charge >= 0.3 is 0 Å². The van der Waals surface area contributed by atoms with Crippen molar-refractivity contribution in [1.82, 2.24) is 5.32 Å². The maximum Gasteiger partial charge on any atom is 0.265 e. The van der Waals surface area contributed by atoms with Crippen LogP contribution >= 0.6 is 11.3 Å². The number of halogens is 2. The molecule has 0 saturated heterocycles. The molecule has 2 nitrogen and oxygen atoms in total. The molecule has 0 aliphatic carbocycles. The van der Waals surface area contributed by atoms with Crippen molar-refractivity contribution in [2.75, 3.05) is 6.54 Å². The van der Waals surface area contributed by atoms with Gasteiger partial charge in [-0.1, -0.05) is 30.3 Å². The number of hydrogen-bond donors (Lipinski definition) is 2. The Labute approximate surface area is 114 Å². The van der Waals surface area contributed by atoms with Gasteiger partial charge in [-0.05, 0) is 22.6 Å². The minimum atomic E-state index is -2.70. The van der Waals surface area contributed by atoms with Crippen LogP contribution in [0.15, 0.2) is 41.8 Å². The van der Waals surface area contributed by atoms with Crippen molar-refractivity contribution >= 4 is 11.3 Å². The van der Waals surface area contributed by atoms with Gasteiger partial charge in [0.1, 0.15) is 6.10 Å². The quantitative estimate of drug-likeness (QED) is 0.853. The van der Waals surface area contributed by atoms with Gasteiger partial charge in [0.05, 0.1) is 0 Å². The highest BCUT2D eigenvalue weighted by atomic mass is 32.1. The molecule has 0 saturated carbocycles. The molecule has 0 spiro atoms. The Hall–Kier alpha value is -1.30. The highest BCUT2D eigenvalue weighted by Crippen LogP contribution is 2.25. The van der Waals surface area contributed by atoms with Crippen molar-refractivity contribution in [3.05, 3.63) is 46.7 Å². The predicted octanol–water partition coefficient (Wildman–Crippen LogP) is 3.13. The average Bonchev–Trinajstić information content (AvgIpc) is 2.88. The molecule has 0 aliphatic rings. The summed E-state index contributed by atoms with van der Waals surface area (Å²) >= 11 is 1.57. The molecule has 0 radical (unpaired) electrons. The molecular formula is C14H15F2NOS. The number of benzene rings is 1. The monoisotopic (exact) mass is 283 g/mol. The number of thiophene rings is 1. The normalized spacial score (nSPS) is 12.8. The number of hydrogen-bond acceptors (Lipinski definition) is 3. The Morgan fingerprint density at radius 3 is 2.58 bits per heavy atom. The zero-order valence-electron chi connectivity index (χ0n) is 10.2. The van der Waals surface area contributed by atoms with E-state index >= 15 is 0 Å². The second kappa shape index (κ2) is 6.75. The van der Waals surface area contributed by atoms with E-state index in [1.807, 2.05) is 41.8 Å². The average molecular weight is 283 g/mol. The van der Waals surface area contributed by atoms with Crippen LogP contribution in [-0.4, -0.2) is 24.2 Å². The molecule has 1 heterocycles. The summed E-state index contributed by atoms with van der Waals surface area (Å²) in [5, 5.41) is 13.8. The van der Waals surface area contributed by atoms with Crippen LogP contribution in [0.1, 0.15) is 4.88 Å². The number of alkyl halides is 2. The molecule has 1 atom stereocenters. The third kappa shape index (κ3) is 4.09. The largest absolute Gasteiger partial charge is 0.386 e. The van der Waals surface area contributed by atoms with E-state index in [0.717, 1.165) is 16.0 Å². The highest BCUT2D eigenvalue weighted by molar-refractivity contribution is 7.10. The highest BCUT2D eigenvalue weighted by Gasteiger charge is 2.15. The summed E-state index contributed by atoms with van der Waals surface area (Å²) in [5.41, 5.74) is 2.26. The van der Waals surface area contributed by atoms with E-state index in [2.05, 4.69) is 5.32 Å². The van der Waals surface area contributed by atoms with Gasteiger partial charge in [0.2, 0.25) is 0 Å². The lowest BCUT2D eigenvalue weighted by atomic mass is 10.1. The summed E-state index contributed by atoms with van der Waals surface area (Å²) in [7, 11) is 0. The van der Waals surface area contributed by atoms with Gasteiger partial charge in [-0.15, -0.1) is 11.3 Å². The number of nitrogens with one attached hydrogen (secondary N) is 1. The maximum atomic E-state index is 12.1. The molecule has 2 N–H and O–H groups in total. The van der Waals surface area contributed by atoms with Gasteiger partial charge < -0.3 is 10.4 Å². The molecule has 0 fully saturated rings. The zero-order chi connectivity index (χ0) is 13.7. The fraction of sp³-hybridized carbons (Fsp3) is 0.286. The van der Waals surface area contributed by atoms with E-state index in [1.54, 1.807) is 11.3 Å². The molecule has 1 aromatic carbocycles. The molecule has 19 heavy (non-hydrogen) atoms. The van der Waals surface area contributed by atoms with Crippen molar-refractivity contribution in [2.45, 2.75) is 19.1 Å². The van der Waals surface area contributed by atoms with Gasteiger partial charge in [0, 0.05) is 18.0 Å². The fourth-order valence-corrected chi connectivity index (χ4v) is 2.55. The van der Waals surface area contributed by atoms with E-state index in [4.69, 9.17) is 5.11 Å². The second-order valence-electron chi connectivity index (χ2n) is 4.20. The van der Waals surface area contributed by atoms with Gasteiger partial charge in [-0.3, -0.25) is 0 Å². The summed E-state index contributed by atoms with van der Waals surface area (Å²) in [5.74, 6) is 0. The molecule has 0 bridgehead atoms. The third-order valence-electron chi connectivity index (χ3n) is 2.70. The Morgan fingerprint density at radius 2 is 1.89 bits per heavy atom. The van der Waals surface area contributed by atoms with E-state index in [0.29, 0.717) is 6.54 Å². The minimum absolute atomic E-state index is 0.101. The van der Waals surface area contributed by atoms with Crippen LogP contribution in [0.2, 0.25) is 0 Å². The van der Waals surface area contributed by atoms with Crippen molar-refractivity contribution in [3.63, 3.8) is 0 Å². The summed E-state index contributed by atoms with van der Waals surface area (Å²) in [6, 6.07) is 12.0. The first-order valence-electron chi connectivity index (χ1n) is 5.96. The van der Waals surface area contributed by atoms with Gasteiger partial charge in [-0.25, -0.2) is 8.78 Å². The first-order chi connectivity index (χ1) is 9.16. The first-order valence-corrected chi connectivity index (χ1v) is 6.84. The Balaban J connectivity index is 1.88. The number of aliphatic hydroxyl groups is 1. The molecule has 0 amide bonds. The van der Waals surface area contributed by atoms with Crippen LogP contribution in [0.25, 0.3) is 11.1 Å². The van der Waals surface area contributed by atoms with Crippen LogP contribution in [-0.2, 0) is 6.54 Å². The van der Waals surface area contributed by atoms with E-state index in [9.17, 15) is 8.78 Å². The van der Waals surface area contributed by atoms with Gasteiger partial charge in [0.15, 0.2) is 0 Å². The lowest BCUT2D eigenvalue weighted by Gasteiger charge is -2.09. The fourth-order valence-electron chi connectivity index (χ4n) is 1.69. The summed E-state index contributed by atoms with van der Waals surface area (Å²) in [6.45, 7) is 0.386. The lowest BCUT2D eigenvalue weighted by molar-refractivity contribution is -0.00337. The lowest BCUT2D eigenvalue weighted by Crippen LogP contribution is -2.31. The van der Waals surface area contributed by atoms with Crippen LogP contribution in [0.4, 0.5) is 8.78 Å². The third-order valence-corrected chi connectivity index (χ3v) is 3.64. The van der Waals surface area contributed by atoms with E-state index in [1.165, 1.54) is 0 Å². The Morgan fingerprint density at radius 1 is 1.16 bits per heavy atom. The SMILES string of the molecule is OC(CNCc1cc(-c2ccccc2)cs1)C(F)F. The van der Waals surface area contributed by atoms with Gasteiger partial charge in [0.25, 0.3) is 6.43 Å². The summed E-state index contributed by atoms with van der Waals surface area (Å²) in [4.78, 5) is 1.06.